The number of aliphatic carboxylic acids is 1. The molecule has 0 spiro atoms. The van der Waals surface area contributed by atoms with E-state index in [9.17, 15) is 18.4 Å². The molecule has 0 aromatic carbocycles. The fraction of sp³-hybridized carbons (Fsp3) is 0.516. The van der Waals surface area contributed by atoms with Crippen molar-refractivity contribution in [1.29, 1.82) is 0 Å². The second-order valence-electron chi connectivity index (χ2n) is 10.9. The Labute approximate surface area is 240 Å². The number of alkyl halides is 2. The highest BCUT2D eigenvalue weighted by molar-refractivity contribution is 6.14. The smallest absolute Gasteiger partial charge is 0.313 e. The average molecular weight is 570 g/mol. The van der Waals surface area contributed by atoms with Crippen LogP contribution in [-0.2, 0) is 9.59 Å². The number of anilines is 1. The van der Waals surface area contributed by atoms with E-state index in [1.165, 1.54) is 19.3 Å². The molecule has 2 aliphatic carbocycles. The van der Waals surface area contributed by atoms with Gasteiger partial charge >= 0.3 is 5.97 Å². The standard InChI is InChI=1S/C31H41F2N5O3/c1-6-10-19(3)24(37-28(39)26-27(29(40)41)31(26,32)33)14-13-18(2)20(4)23(21(5)34)17-36-30-35-16-15-25(38-30)22-11-8-7-9-12-22/h10,13-16,22,26-27H,6-9,11-12,17,34H2,1-5H3,(H,40,41)(H,35,36,38)/b14-13-,19-10+,20-18-,23-21-,37-24?. The minimum atomic E-state index is -3.60. The summed E-state index contributed by atoms with van der Waals surface area (Å²) in [6, 6.07) is 1.98. The van der Waals surface area contributed by atoms with Gasteiger partial charge in [0.05, 0.1) is 5.71 Å². The monoisotopic (exact) mass is 569 g/mol. The molecular formula is C31H41F2N5O3. The zero-order valence-electron chi connectivity index (χ0n) is 24.5. The Morgan fingerprint density at radius 2 is 1.83 bits per heavy atom. The molecule has 4 N–H and O–H groups in total. The lowest BCUT2D eigenvalue weighted by Crippen LogP contribution is -2.15. The van der Waals surface area contributed by atoms with Crippen molar-refractivity contribution in [2.45, 2.75) is 85.0 Å². The summed E-state index contributed by atoms with van der Waals surface area (Å²) in [5.41, 5.74) is 11.3. The first-order valence-corrected chi connectivity index (χ1v) is 14.2. The number of allylic oxidation sites excluding steroid dienone is 6. The molecule has 3 rings (SSSR count). The zero-order chi connectivity index (χ0) is 30.3. The fourth-order valence-corrected chi connectivity index (χ4v) is 5.18. The Morgan fingerprint density at radius 1 is 1.15 bits per heavy atom. The quantitative estimate of drug-likeness (QED) is 0.209. The van der Waals surface area contributed by atoms with Gasteiger partial charge in [-0.15, -0.1) is 0 Å². The van der Waals surface area contributed by atoms with Gasteiger partial charge in [0.25, 0.3) is 11.8 Å². The van der Waals surface area contributed by atoms with Crippen molar-refractivity contribution < 1.29 is 23.5 Å². The summed E-state index contributed by atoms with van der Waals surface area (Å²) in [6.07, 6.45) is 13.6. The van der Waals surface area contributed by atoms with Gasteiger partial charge in [-0.05, 0) is 81.4 Å². The minimum Gasteiger partial charge on any atom is -0.481 e. The van der Waals surface area contributed by atoms with Crippen LogP contribution < -0.4 is 11.1 Å². The van der Waals surface area contributed by atoms with E-state index < -0.39 is 29.6 Å². The molecule has 41 heavy (non-hydrogen) atoms. The van der Waals surface area contributed by atoms with Gasteiger partial charge in [-0.25, -0.2) is 23.7 Å². The summed E-state index contributed by atoms with van der Waals surface area (Å²) in [4.78, 5) is 36.7. The first-order chi connectivity index (χ1) is 19.4. The number of nitrogens with zero attached hydrogens (tertiary/aromatic N) is 3. The van der Waals surface area contributed by atoms with E-state index in [2.05, 4.69) is 15.3 Å². The van der Waals surface area contributed by atoms with Crippen LogP contribution in [0, 0.1) is 11.8 Å². The Bertz CT molecular complexity index is 1300. The van der Waals surface area contributed by atoms with Crippen molar-refractivity contribution in [3.63, 3.8) is 0 Å². The number of hydrogen-bond acceptors (Lipinski definition) is 6. The maximum atomic E-state index is 13.9. The number of rotatable bonds is 11. The summed E-state index contributed by atoms with van der Waals surface area (Å²) < 4.78 is 27.8. The van der Waals surface area contributed by atoms with Gasteiger partial charge < -0.3 is 16.2 Å². The molecule has 2 fully saturated rings. The topological polar surface area (TPSA) is 131 Å². The number of amides is 1. The molecule has 0 aliphatic heterocycles. The van der Waals surface area contributed by atoms with E-state index in [0.29, 0.717) is 36.1 Å². The zero-order valence-corrected chi connectivity index (χ0v) is 24.5. The van der Waals surface area contributed by atoms with E-state index in [1.54, 1.807) is 25.3 Å². The number of halogens is 2. The van der Waals surface area contributed by atoms with Crippen LogP contribution >= 0.6 is 0 Å². The van der Waals surface area contributed by atoms with Gasteiger partial charge in [0, 0.05) is 30.1 Å². The Hall–Kier alpha value is -3.69. The van der Waals surface area contributed by atoms with Crippen LogP contribution in [0.2, 0.25) is 0 Å². The predicted octanol–water partition coefficient (Wildman–Crippen LogP) is 6.35. The summed E-state index contributed by atoms with van der Waals surface area (Å²) in [5.74, 6) is -9.42. The van der Waals surface area contributed by atoms with E-state index in [4.69, 9.17) is 15.8 Å². The normalized spacial score (nSPS) is 22.7. The van der Waals surface area contributed by atoms with Gasteiger partial charge in [0.15, 0.2) is 0 Å². The third kappa shape index (κ3) is 7.95. The van der Waals surface area contributed by atoms with Gasteiger partial charge in [0.1, 0.15) is 11.8 Å². The maximum absolute atomic E-state index is 13.9. The summed E-state index contributed by atoms with van der Waals surface area (Å²) >= 11 is 0. The molecule has 1 amide bonds. The number of nitrogens with two attached hydrogens (primary N) is 1. The number of nitrogens with one attached hydrogen (secondary N) is 1. The van der Waals surface area contributed by atoms with Crippen LogP contribution in [0.3, 0.4) is 0 Å². The molecule has 1 aromatic rings. The van der Waals surface area contributed by atoms with Gasteiger partial charge in [0.2, 0.25) is 5.95 Å². The Kier molecular flexibility index (Phi) is 10.7. The molecule has 0 saturated heterocycles. The van der Waals surface area contributed by atoms with Crippen LogP contribution in [0.25, 0.3) is 0 Å². The SMILES string of the molecule is CC/C=C(\C)C(\C=C/C(C)=C(C)\C(CNc1nccc(C2CCCCC2)n1)=C(\C)N)=NC(=O)C1C(C(=O)O)C1(F)F. The number of carbonyl (C=O) groups excluding carboxylic acids is 1. The van der Waals surface area contributed by atoms with Crippen molar-refractivity contribution in [1.82, 2.24) is 9.97 Å². The highest BCUT2D eigenvalue weighted by Crippen LogP contribution is 2.56. The van der Waals surface area contributed by atoms with Crippen molar-refractivity contribution in [3.8, 4) is 0 Å². The first-order valence-electron chi connectivity index (χ1n) is 14.2. The lowest BCUT2D eigenvalue weighted by Gasteiger charge is -2.21. The van der Waals surface area contributed by atoms with Crippen molar-refractivity contribution >= 4 is 23.5 Å². The highest BCUT2D eigenvalue weighted by atomic mass is 19.3. The van der Waals surface area contributed by atoms with Gasteiger partial charge in [-0.2, -0.15) is 0 Å². The largest absolute Gasteiger partial charge is 0.481 e. The summed E-state index contributed by atoms with van der Waals surface area (Å²) in [7, 11) is 0. The average Bonchev–Trinajstić information content (AvgIpc) is 3.53. The number of carboxylic acids is 1. The highest BCUT2D eigenvalue weighted by Gasteiger charge is 2.76. The molecule has 10 heteroatoms. The second kappa shape index (κ2) is 13.8. The molecule has 0 radical (unpaired) electrons. The van der Waals surface area contributed by atoms with Gasteiger partial charge in [-0.1, -0.05) is 38.3 Å². The van der Waals surface area contributed by atoms with E-state index >= 15 is 0 Å². The number of aromatic nitrogens is 2. The fourth-order valence-electron chi connectivity index (χ4n) is 5.18. The summed E-state index contributed by atoms with van der Waals surface area (Å²) in [6.45, 7) is 9.64. The van der Waals surface area contributed by atoms with E-state index in [0.717, 1.165) is 35.3 Å². The third-order valence-electron chi connectivity index (χ3n) is 7.87. The van der Waals surface area contributed by atoms with Crippen molar-refractivity contribution in [3.05, 3.63) is 64.2 Å². The van der Waals surface area contributed by atoms with E-state index in [1.807, 2.05) is 39.8 Å². The number of carboxylic acid groups (broad SMARTS) is 1. The number of hydrogen-bond donors (Lipinski definition) is 3. The molecule has 2 unspecified atom stereocenters. The molecule has 2 aliphatic rings. The second-order valence-corrected chi connectivity index (χ2v) is 10.9. The van der Waals surface area contributed by atoms with Crippen molar-refractivity contribution in [2.24, 2.45) is 22.6 Å². The molecule has 8 nitrogen and oxygen atoms in total. The molecule has 1 aromatic heterocycles. The van der Waals surface area contributed by atoms with Crippen molar-refractivity contribution in [2.75, 3.05) is 11.9 Å². The predicted molar refractivity (Wildman–Crippen MR) is 157 cm³/mol. The number of aliphatic imine (C=N–C) groups is 1. The van der Waals surface area contributed by atoms with E-state index in [-0.39, 0.29) is 5.71 Å². The molecule has 2 atom stereocenters. The Balaban J connectivity index is 1.79. The lowest BCUT2D eigenvalue weighted by atomic mass is 9.87. The van der Waals surface area contributed by atoms with Crippen LogP contribution in [0.15, 0.2) is 63.5 Å². The minimum absolute atomic E-state index is 0.205. The number of carbonyl (C=O) groups is 2. The van der Waals surface area contributed by atoms with Gasteiger partial charge in [-0.3, -0.25) is 9.59 Å². The third-order valence-corrected chi connectivity index (χ3v) is 7.87. The molecule has 1 heterocycles. The van der Waals surface area contributed by atoms with Crippen LogP contribution in [0.5, 0.6) is 0 Å². The van der Waals surface area contributed by atoms with Crippen LogP contribution in [-0.4, -0.2) is 45.1 Å². The maximum Gasteiger partial charge on any atom is 0.313 e. The molecule has 0 bridgehead atoms. The summed E-state index contributed by atoms with van der Waals surface area (Å²) in [5, 5.41) is 12.3. The molecule has 2 saturated carbocycles. The van der Waals surface area contributed by atoms with Crippen LogP contribution in [0.4, 0.5) is 14.7 Å². The first kappa shape index (κ1) is 31.8. The molecular weight excluding hydrogens is 528 g/mol. The molecule has 222 valence electrons. The Morgan fingerprint density at radius 3 is 2.41 bits per heavy atom. The van der Waals surface area contributed by atoms with Crippen LogP contribution in [0.1, 0.15) is 84.8 Å². The lowest BCUT2D eigenvalue weighted by molar-refractivity contribution is -0.141.